The Labute approximate surface area is 240 Å². The highest BCUT2D eigenvalue weighted by Crippen LogP contribution is 2.35. The van der Waals surface area contributed by atoms with Crippen molar-refractivity contribution >= 4 is 15.1 Å². The molecule has 192 valence electrons. The van der Waals surface area contributed by atoms with Gasteiger partial charge in [-0.1, -0.05) is 146 Å². The van der Waals surface area contributed by atoms with E-state index in [1.807, 2.05) is 109 Å². The highest BCUT2D eigenvalue weighted by Gasteiger charge is 2.46. The Morgan fingerprint density at radius 1 is 0.275 bits per heavy atom. The lowest BCUT2D eigenvalue weighted by Crippen LogP contribution is -2.37. The van der Waals surface area contributed by atoms with Gasteiger partial charge in [-0.15, -0.1) is 0 Å². The Balaban J connectivity index is 1.40. The minimum atomic E-state index is -2.87. The van der Waals surface area contributed by atoms with Crippen molar-refractivity contribution in [3.8, 4) is 50.6 Å². The largest absolute Gasteiger partial charge is 1.20 e. The van der Waals surface area contributed by atoms with Crippen molar-refractivity contribution < 1.29 is 11.4 Å². The molecule has 0 aliphatic carbocycles. The molecule has 0 amide bonds. The van der Waals surface area contributed by atoms with E-state index in [-0.39, 0.29) is 0 Å². The molecule has 0 heterocycles. The summed E-state index contributed by atoms with van der Waals surface area (Å²) < 4.78 is 20.1. The van der Waals surface area contributed by atoms with Crippen LogP contribution in [0.2, 0.25) is 0 Å². The molecule has 0 aromatic heterocycles. The van der Waals surface area contributed by atoms with Crippen LogP contribution in [0.5, 0.6) is 17.2 Å². The van der Waals surface area contributed by atoms with Crippen molar-refractivity contribution in [2.45, 2.75) is 0 Å². The fourth-order valence-electron chi connectivity index (χ4n) is 4.66. The van der Waals surface area contributed by atoms with E-state index in [0.29, 0.717) is 0 Å². The number of hydrogen-bond donors (Lipinski definition) is 0. The molecule has 40 heavy (non-hydrogen) atoms. The molecule has 0 fully saturated rings. The molecule has 0 aliphatic heterocycles. The van der Waals surface area contributed by atoms with Gasteiger partial charge in [-0.3, -0.25) is 0 Å². The van der Waals surface area contributed by atoms with E-state index >= 15 is 0 Å². The third-order valence-corrected chi connectivity index (χ3v) is 7.92. The molecule has 0 atom stereocenters. The van der Waals surface area contributed by atoms with Gasteiger partial charge in [0.2, 0.25) is 0 Å². The molecule has 0 saturated carbocycles. The third-order valence-electron chi connectivity index (χ3n) is 6.59. The quantitative estimate of drug-likeness (QED) is 0.173. The van der Waals surface area contributed by atoms with Gasteiger partial charge in [-0.2, -0.15) is 0 Å². The maximum absolute atomic E-state index is 6.68. The van der Waals surface area contributed by atoms with Gasteiger partial charge in [-0.25, -0.2) is 0 Å². The summed E-state index contributed by atoms with van der Waals surface area (Å²) in [5, 5.41) is 0. The van der Waals surface area contributed by atoms with Crippen LogP contribution in [0.1, 0.15) is 0 Å². The molecule has 0 N–H and O–H groups in total. The summed E-state index contributed by atoms with van der Waals surface area (Å²) in [6.07, 6.45) is 0. The van der Waals surface area contributed by atoms with Crippen LogP contribution in [-0.2, 0) is 0 Å². The van der Waals surface area contributed by atoms with Crippen molar-refractivity contribution in [3.05, 3.63) is 164 Å². The minimum absolute atomic E-state index is 0.722. The molecule has 0 radical (unpaired) electrons. The Kier molecular flexibility index (Phi) is 7.92. The Morgan fingerprint density at radius 3 is 0.825 bits per heavy atom. The zero-order chi connectivity index (χ0) is 27.0. The van der Waals surface area contributed by atoms with Crippen molar-refractivity contribution in [3.63, 3.8) is 0 Å². The Bertz CT molecular complexity index is 1470. The normalized spacial score (nSPS) is 10.5. The molecular formula is C36H27AlO3. The van der Waals surface area contributed by atoms with Crippen molar-refractivity contribution in [2.75, 3.05) is 0 Å². The van der Waals surface area contributed by atoms with Crippen molar-refractivity contribution in [1.29, 1.82) is 0 Å². The second-order valence-electron chi connectivity index (χ2n) is 9.23. The van der Waals surface area contributed by atoms with Crippen LogP contribution >= 0.6 is 0 Å². The lowest BCUT2D eigenvalue weighted by molar-refractivity contribution is 0.309. The number of para-hydroxylation sites is 3. The van der Waals surface area contributed by atoms with E-state index in [1.165, 1.54) is 0 Å². The van der Waals surface area contributed by atoms with Gasteiger partial charge in [0, 0.05) is 16.7 Å². The number of rotatable bonds is 9. The maximum Gasteiger partial charge on any atom is 1.20 e. The summed E-state index contributed by atoms with van der Waals surface area (Å²) in [6.45, 7) is 0. The molecule has 6 aromatic rings. The minimum Gasteiger partial charge on any atom is -0.577 e. The summed E-state index contributed by atoms with van der Waals surface area (Å²) >= 11 is -2.87. The monoisotopic (exact) mass is 534 g/mol. The molecule has 3 nitrogen and oxygen atoms in total. The lowest BCUT2D eigenvalue weighted by atomic mass is 10.1. The van der Waals surface area contributed by atoms with E-state index < -0.39 is 15.1 Å². The lowest BCUT2D eigenvalue weighted by Gasteiger charge is -2.21. The van der Waals surface area contributed by atoms with E-state index in [4.69, 9.17) is 11.4 Å². The van der Waals surface area contributed by atoms with E-state index in [2.05, 4.69) is 54.6 Å². The average Bonchev–Trinajstić information content (AvgIpc) is 3.03. The van der Waals surface area contributed by atoms with Gasteiger partial charge >= 0.3 is 15.1 Å². The van der Waals surface area contributed by atoms with E-state index in [0.717, 1.165) is 50.6 Å². The predicted octanol–water partition coefficient (Wildman–Crippen LogP) is 9.21. The van der Waals surface area contributed by atoms with Gasteiger partial charge in [0.25, 0.3) is 0 Å². The number of hydrogen-bond acceptors (Lipinski definition) is 3. The Hall–Kier alpha value is -4.75. The first-order valence-corrected chi connectivity index (χ1v) is 14.7. The van der Waals surface area contributed by atoms with Gasteiger partial charge in [0.15, 0.2) is 0 Å². The molecule has 0 spiro atoms. The van der Waals surface area contributed by atoms with Crippen LogP contribution in [-0.4, -0.2) is 15.1 Å². The molecular weight excluding hydrogens is 507 g/mol. The number of benzene rings is 6. The average molecular weight is 535 g/mol. The highest BCUT2D eigenvalue weighted by molar-refractivity contribution is 6.40. The first-order valence-electron chi connectivity index (χ1n) is 13.3. The molecule has 0 bridgehead atoms. The molecule has 0 saturated heterocycles. The molecule has 6 aromatic carbocycles. The van der Waals surface area contributed by atoms with Gasteiger partial charge in [0.1, 0.15) is 0 Å². The van der Waals surface area contributed by atoms with Gasteiger partial charge < -0.3 is 11.4 Å². The van der Waals surface area contributed by atoms with E-state index in [1.54, 1.807) is 0 Å². The summed E-state index contributed by atoms with van der Waals surface area (Å²) in [7, 11) is 0. The van der Waals surface area contributed by atoms with E-state index in [9.17, 15) is 0 Å². The third kappa shape index (κ3) is 5.95. The second kappa shape index (κ2) is 12.4. The fourth-order valence-corrected chi connectivity index (χ4v) is 6.04. The Morgan fingerprint density at radius 2 is 0.525 bits per heavy atom. The van der Waals surface area contributed by atoms with Crippen LogP contribution in [0, 0.1) is 0 Å². The SMILES string of the molecule is c1ccc(-c2ccccc2[O][Al]([O]c2ccccc2-c2ccccc2)[O]c2ccccc2-c2ccccc2)cc1. The topological polar surface area (TPSA) is 27.7 Å². The van der Waals surface area contributed by atoms with Crippen LogP contribution < -0.4 is 11.4 Å². The summed E-state index contributed by atoms with van der Waals surface area (Å²) in [6, 6.07) is 54.8. The standard InChI is InChI=1S/3C12H10O.Al/c3*13-12-9-5-4-8-11(12)10-6-2-1-3-7-10;/h3*1-9,13H;/q;;;+3/p-3. The summed E-state index contributed by atoms with van der Waals surface area (Å²) in [4.78, 5) is 0. The zero-order valence-electron chi connectivity index (χ0n) is 21.9. The predicted molar refractivity (Wildman–Crippen MR) is 163 cm³/mol. The maximum atomic E-state index is 6.68. The first-order chi connectivity index (χ1) is 19.8. The summed E-state index contributed by atoms with van der Waals surface area (Å²) in [5.41, 5.74) is 6.17. The van der Waals surface area contributed by atoms with Crippen molar-refractivity contribution in [1.82, 2.24) is 0 Å². The van der Waals surface area contributed by atoms with Crippen LogP contribution in [0.4, 0.5) is 0 Å². The van der Waals surface area contributed by atoms with Crippen molar-refractivity contribution in [2.24, 2.45) is 0 Å². The summed E-state index contributed by atoms with van der Waals surface area (Å²) in [5.74, 6) is 2.17. The molecule has 4 heteroatoms. The van der Waals surface area contributed by atoms with Gasteiger partial charge in [-0.05, 0) is 34.9 Å². The molecule has 6 rings (SSSR count). The zero-order valence-corrected chi connectivity index (χ0v) is 23.0. The van der Waals surface area contributed by atoms with Crippen LogP contribution in [0.3, 0.4) is 0 Å². The van der Waals surface area contributed by atoms with Gasteiger partial charge in [0.05, 0.1) is 17.2 Å². The second-order valence-corrected chi connectivity index (χ2v) is 10.5. The van der Waals surface area contributed by atoms with Crippen LogP contribution in [0.15, 0.2) is 164 Å². The molecule has 0 aliphatic rings. The smallest absolute Gasteiger partial charge is 0.577 e. The highest BCUT2D eigenvalue weighted by atomic mass is 27.3. The molecule has 0 unspecified atom stereocenters. The first kappa shape index (κ1) is 25.5. The fraction of sp³-hybridized carbons (Fsp3) is 0. The van der Waals surface area contributed by atoms with Crippen LogP contribution in [0.25, 0.3) is 33.4 Å².